The van der Waals surface area contributed by atoms with Gasteiger partial charge in [-0.2, -0.15) is 5.26 Å². The van der Waals surface area contributed by atoms with Gasteiger partial charge in [0, 0.05) is 40.0 Å². The Morgan fingerprint density at radius 2 is 1.92 bits per heavy atom. The van der Waals surface area contributed by atoms with Crippen LogP contribution in [-0.4, -0.2) is 9.91 Å². The Bertz CT molecular complexity index is 1000. The molecule has 0 radical (unpaired) electrons. The number of nitriles is 1. The van der Waals surface area contributed by atoms with E-state index in [9.17, 15) is 15.4 Å². The third kappa shape index (κ3) is 4.06. The maximum Gasteiger partial charge on any atom is 0.269 e. The molecule has 2 aromatic carbocycles. The number of nitrogens with one attached hydrogen (secondary N) is 1. The molecule has 3 rings (SSSR count). The van der Waals surface area contributed by atoms with Crippen LogP contribution in [-0.2, 0) is 0 Å². The second-order valence-electron chi connectivity index (χ2n) is 5.16. The lowest BCUT2D eigenvalue weighted by Crippen LogP contribution is -1.92. The number of anilines is 1. The number of halogens is 1. The van der Waals surface area contributed by atoms with Crippen LogP contribution in [0.5, 0.6) is 0 Å². The Hall–Kier alpha value is -3.21. The number of allylic oxidation sites excluding steroid dienone is 1. The predicted molar refractivity (Wildman–Crippen MR) is 103 cm³/mol. The first kappa shape index (κ1) is 17.6. The summed E-state index contributed by atoms with van der Waals surface area (Å²) in [5.41, 5.74) is 2.69. The van der Waals surface area contributed by atoms with Crippen LogP contribution in [0.15, 0.2) is 60.1 Å². The van der Waals surface area contributed by atoms with E-state index in [4.69, 9.17) is 11.6 Å². The van der Waals surface area contributed by atoms with Crippen LogP contribution in [0.2, 0.25) is 5.02 Å². The van der Waals surface area contributed by atoms with Crippen molar-refractivity contribution in [3.63, 3.8) is 0 Å². The molecule has 0 unspecified atom stereocenters. The number of hydrogen-bond acceptors (Lipinski definition) is 6. The zero-order valence-corrected chi connectivity index (χ0v) is 14.8. The van der Waals surface area contributed by atoms with Gasteiger partial charge in [-0.05, 0) is 24.3 Å². The number of thiazole rings is 1. The summed E-state index contributed by atoms with van der Waals surface area (Å²) in [6.07, 6.45) is 1.53. The van der Waals surface area contributed by atoms with Crippen LogP contribution >= 0.6 is 22.9 Å². The highest BCUT2D eigenvalue weighted by Gasteiger charge is 2.09. The van der Waals surface area contributed by atoms with E-state index in [2.05, 4.69) is 16.4 Å². The van der Waals surface area contributed by atoms with E-state index >= 15 is 0 Å². The summed E-state index contributed by atoms with van der Waals surface area (Å²) >= 11 is 7.25. The highest BCUT2D eigenvalue weighted by atomic mass is 35.5. The Balaban J connectivity index is 1.78. The molecule has 6 nitrogen and oxygen atoms in total. The first-order chi connectivity index (χ1) is 12.6. The highest BCUT2D eigenvalue weighted by Crippen LogP contribution is 2.27. The van der Waals surface area contributed by atoms with Gasteiger partial charge in [-0.15, -0.1) is 11.3 Å². The monoisotopic (exact) mass is 382 g/mol. The van der Waals surface area contributed by atoms with Crippen LogP contribution < -0.4 is 5.32 Å². The highest BCUT2D eigenvalue weighted by molar-refractivity contribution is 7.11. The standard InChI is InChI=1S/C18H11ClN4O2S/c19-14-3-1-12(2-4-14)17-11-26-18(22-17)13(9-20)10-21-15-5-7-16(8-6-15)23(24)25/h1-8,10-11,21H. The average Bonchev–Trinajstić information content (AvgIpc) is 3.13. The molecule has 0 aliphatic rings. The number of hydrogen-bond donors (Lipinski definition) is 1. The SMILES string of the molecule is N#CC(=CNc1ccc([N+](=O)[O-])cc1)c1nc(-c2ccc(Cl)cc2)cs1. The summed E-state index contributed by atoms with van der Waals surface area (Å²) in [5, 5.41) is 26.1. The summed E-state index contributed by atoms with van der Waals surface area (Å²) in [7, 11) is 0. The van der Waals surface area contributed by atoms with Crippen LogP contribution in [0.4, 0.5) is 11.4 Å². The Morgan fingerprint density at radius 1 is 1.23 bits per heavy atom. The molecule has 0 aliphatic heterocycles. The molecule has 0 fully saturated rings. The minimum atomic E-state index is -0.464. The molecule has 8 heteroatoms. The van der Waals surface area contributed by atoms with Gasteiger partial charge < -0.3 is 5.32 Å². The van der Waals surface area contributed by atoms with Gasteiger partial charge in [0.1, 0.15) is 16.6 Å². The molecule has 0 amide bonds. The number of aromatic nitrogens is 1. The van der Waals surface area contributed by atoms with E-state index in [0.29, 0.717) is 21.3 Å². The lowest BCUT2D eigenvalue weighted by Gasteiger charge is -2.01. The topological polar surface area (TPSA) is 91.8 Å². The normalized spacial score (nSPS) is 11.0. The zero-order valence-electron chi connectivity index (χ0n) is 13.2. The van der Waals surface area contributed by atoms with Gasteiger partial charge in [-0.1, -0.05) is 23.7 Å². The Labute approximate surface area is 158 Å². The fourth-order valence-corrected chi connectivity index (χ4v) is 3.05. The molecule has 3 aromatic rings. The second-order valence-corrected chi connectivity index (χ2v) is 6.46. The minimum absolute atomic E-state index is 0.00701. The van der Waals surface area contributed by atoms with Crippen molar-refractivity contribution in [3.8, 4) is 17.3 Å². The number of nitro groups is 1. The van der Waals surface area contributed by atoms with Crippen molar-refractivity contribution < 1.29 is 4.92 Å². The van der Waals surface area contributed by atoms with Gasteiger partial charge in [0.15, 0.2) is 0 Å². The van der Waals surface area contributed by atoms with E-state index in [0.717, 1.165) is 11.3 Å². The number of nitro benzene ring substituents is 1. The van der Waals surface area contributed by atoms with Gasteiger partial charge in [0.05, 0.1) is 10.6 Å². The lowest BCUT2D eigenvalue weighted by atomic mass is 10.2. The molecule has 1 N–H and O–H groups in total. The van der Waals surface area contributed by atoms with Crippen molar-refractivity contribution in [1.82, 2.24) is 4.98 Å². The largest absolute Gasteiger partial charge is 0.360 e. The van der Waals surface area contributed by atoms with E-state index in [-0.39, 0.29) is 5.69 Å². The first-order valence-corrected chi connectivity index (χ1v) is 8.65. The van der Waals surface area contributed by atoms with E-state index < -0.39 is 4.92 Å². The molecule has 26 heavy (non-hydrogen) atoms. The van der Waals surface area contributed by atoms with Crippen molar-refractivity contribution in [2.24, 2.45) is 0 Å². The van der Waals surface area contributed by atoms with Crippen LogP contribution in [0.3, 0.4) is 0 Å². The molecule has 1 aromatic heterocycles. The summed E-state index contributed by atoms with van der Waals surface area (Å²) in [4.78, 5) is 14.7. The third-order valence-corrected chi connectivity index (χ3v) is 4.58. The summed E-state index contributed by atoms with van der Waals surface area (Å²) in [6.45, 7) is 0. The quantitative estimate of drug-likeness (QED) is 0.365. The third-order valence-electron chi connectivity index (χ3n) is 3.46. The summed E-state index contributed by atoms with van der Waals surface area (Å²) < 4.78 is 0. The van der Waals surface area contributed by atoms with E-state index in [1.165, 1.54) is 29.7 Å². The molecule has 1 heterocycles. The Morgan fingerprint density at radius 3 is 2.54 bits per heavy atom. The fraction of sp³-hybridized carbons (Fsp3) is 0. The zero-order chi connectivity index (χ0) is 18.5. The van der Waals surface area contributed by atoms with Gasteiger partial charge in [-0.25, -0.2) is 4.98 Å². The lowest BCUT2D eigenvalue weighted by molar-refractivity contribution is -0.384. The number of nitrogens with zero attached hydrogens (tertiary/aromatic N) is 3. The smallest absolute Gasteiger partial charge is 0.269 e. The van der Waals surface area contributed by atoms with Crippen molar-refractivity contribution in [2.75, 3.05) is 5.32 Å². The van der Waals surface area contributed by atoms with Gasteiger partial charge in [-0.3, -0.25) is 10.1 Å². The molecule has 0 saturated heterocycles. The number of non-ortho nitro benzene ring substituents is 1. The molecular formula is C18H11ClN4O2S. The van der Waals surface area contributed by atoms with Gasteiger partial charge in [0.25, 0.3) is 5.69 Å². The predicted octanol–water partition coefficient (Wildman–Crippen LogP) is 5.35. The van der Waals surface area contributed by atoms with Crippen molar-refractivity contribution in [1.29, 1.82) is 5.26 Å². The number of benzene rings is 2. The van der Waals surface area contributed by atoms with Crippen molar-refractivity contribution in [2.45, 2.75) is 0 Å². The first-order valence-electron chi connectivity index (χ1n) is 7.40. The summed E-state index contributed by atoms with van der Waals surface area (Å²) in [6, 6.07) is 15.3. The summed E-state index contributed by atoms with van der Waals surface area (Å²) in [5.74, 6) is 0. The van der Waals surface area contributed by atoms with Crippen molar-refractivity contribution in [3.05, 3.63) is 80.3 Å². The van der Waals surface area contributed by atoms with Crippen LogP contribution in [0.25, 0.3) is 16.8 Å². The maximum absolute atomic E-state index is 10.7. The molecule has 0 spiro atoms. The van der Waals surface area contributed by atoms with Gasteiger partial charge in [0.2, 0.25) is 0 Å². The van der Waals surface area contributed by atoms with Gasteiger partial charge >= 0.3 is 0 Å². The number of rotatable bonds is 5. The van der Waals surface area contributed by atoms with E-state index in [1.54, 1.807) is 24.3 Å². The fourth-order valence-electron chi connectivity index (χ4n) is 2.13. The second kappa shape index (κ2) is 7.78. The maximum atomic E-state index is 10.7. The average molecular weight is 383 g/mol. The molecule has 0 saturated carbocycles. The molecule has 0 bridgehead atoms. The molecule has 0 aliphatic carbocycles. The molecule has 0 atom stereocenters. The Kier molecular flexibility index (Phi) is 5.27. The van der Waals surface area contributed by atoms with Crippen molar-refractivity contribution >= 4 is 39.9 Å². The van der Waals surface area contributed by atoms with Crippen LogP contribution in [0.1, 0.15) is 5.01 Å². The molecule has 128 valence electrons. The van der Waals surface area contributed by atoms with Crippen LogP contribution in [0, 0.1) is 21.4 Å². The molecular weight excluding hydrogens is 372 g/mol. The minimum Gasteiger partial charge on any atom is -0.360 e. The van der Waals surface area contributed by atoms with E-state index in [1.807, 2.05) is 17.5 Å².